The molecule has 1 atom stereocenters. The van der Waals surface area contributed by atoms with E-state index in [9.17, 15) is 9.90 Å². The molecule has 4 heteroatoms. The van der Waals surface area contributed by atoms with Crippen LogP contribution >= 0.6 is 0 Å². The van der Waals surface area contributed by atoms with E-state index in [1.807, 2.05) is 54.6 Å². The normalized spacial score (nSPS) is 11.8. The number of nitrogens with one attached hydrogen (secondary N) is 1. The average Bonchev–Trinajstić information content (AvgIpc) is 2.52. The third kappa shape index (κ3) is 5.38. The Morgan fingerprint density at radius 1 is 1.04 bits per heavy atom. The highest BCUT2D eigenvalue weighted by Gasteiger charge is 2.22. The van der Waals surface area contributed by atoms with Crippen LogP contribution in [0.15, 0.2) is 54.6 Å². The minimum Gasteiger partial charge on any atom is -1.00 e. The molecular weight excluding hydrogens is 310 g/mol. The number of halogens is 1. The number of carbonyl (C=O) groups is 1. The Labute approximate surface area is 144 Å². The molecule has 0 aromatic heterocycles. The molecule has 2 aromatic carbocycles. The van der Waals surface area contributed by atoms with Crippen molar-refractivity contribution in [3.05, 3.63) is 60.2 Å². The molecule has 0 radical (unpaired) electrons. The number of carboxylic acid groups (broad SMARTS) is 1. The lowest BCUT2D eigenvalue weighted by atomic mass is 9.87. The second kappa shape index (κ2) is 9.33. The molecule has 2 N–H and O–H groups in total. The van der Waals surface area contributed by atoms with Gasteiger partial charge in [-0.2, -0.15) is 0 Å². The summed E-state index contributed by atoms with van der Waals surface area (Å²) in [6, 6.07) is 17.9. The second-order valence-electron chi connectivity index (χ2n) is 5.94. The van der Waals surface area contributed by atoms with E-state index < -0.39 is 11.9 Å². The predicted octanol–water partition coefficient (Wildman–Crippen LogP) is -0.549. The maximum absolute atomic E-state index is 11.8. The van der Waals surface area contributed by atoms with Crippen LogP contribution in [-0.2, 0) is 4.79 Å². The lowest BCUT2D eigenvalue weighted by Gasteiger charge is -2.17. The van der Waals surface area contributed by atoms with Crippen LogP contribution in [-0.4, -0.2) is 31.7 Å². The number of carboxylic acids is 1. The van der Waals surface area contributed by atoms with E-state index in [1.54, 1.807) is 0 Å². The third-order valence-corrected chi connectivity index (χ3v) is 3.89. The van der Waals surface area contributed by atoms with Gasteiger partial charge in [0.2, 0.25) is 0 Å². The second-order valence-corrected chi connectivity index (χ2v) is 5.94. The first kappa shape index (κ1) is 19.2. The summed E-state index contributed by atoms with van der Waals surface area (Å²) >= 11 is 0. The van der Waals surface area contributed by atoms with Gasteiger partial charge in [0.05, 0.1) is 26.6 Å². The zero-order valence-electron chi connectivity index (χ0n) is 13.6. The van der Waals surface area contributed by atoms with Crippen molar-refractivity contribution in [3.63, 3.8) is 0 Å². The lowest BCUT2D eigenvalue weighted by molar-refractivity contribution is -0.858. The molecule has 0 saturated carbocycles. The topological polar surface area (TPSA) is 41.7 Å². The number of hydrogen-bond acceptors (Lipinski definition) is 1. The van der Waals surface area contributed by atoms with E-state index >= 15 is 0 Å². The van der Waals surface area contributed by atoms with E-state index in [0.29, 0.717) is 6.42 Å². The van der Waals surface area contributed by atoms with Crippen LogP contribution in [0.25, 0.3) is 11.1 Å². The van der Waals surface area contributed by atoms with Crippen molar-refractivity contribution in [3.8, 4) is 11.1 Å². The SMILES string of the molecule is C[NH+](C)CCCC(C(=O)O)c1ccccc1-c1ccccc1.[Cl-]. The highest BCUT2D eigenvalue weighted by molar-refractivity contribution is 5.81. The minimum absolute atomic E-state index is 0. The molecule has 0 aliphatic heterocycles. The Kier molecular flexibility index (Phi) is 7.79. The van der Waals surface area contributed by atoms with Crippen LogP contribution in [0.1, 0.15) is 24.3 Å². The Morgan fingerprint density at radius 3 is 2.26 bits per heavy atom. The van der Waals surface area contributed by atoms with Crippen LogP contribution in [0.4, 0.5) is 0 Å². The molecule has 0 aliphatic carbocycles. The van der Waals surface area contributed by atoms with Gasteiger partial charge in [0.25, 0.3) is 0 Å². The fraction of sp³-hybridized carbons (Fsp3) is 0.316. The van der Waals surface area contributed by atoms with Crippen LogP contribution < -0.4 is 17.3 Å². The molecule has 124 valence electrons. The lowest BCUT2D eigenvalue weighted by Crippen LogP contribution is -3.05. The molecular formula is C19H24ClNO2. The van der Waals surface area contributed by atoms with Crippen molar-refractivity contribution in [2.24, 2.45) is 0 Å². The molecule has 23 heavy (non-hydrogen) atoms. The summed E-state index contributed by atoms with van der Waals surface area (Å²) in [6.45, 7) is 0.983. The van der Waals surface area contributed by atoms with Gasteiger partial charge >= 0.3 is 5.97 Å². The van der Waals surface area contributed by atoms with Crippen molar-refractivity contribution in [2.75, 3.05) is 20.6 Å². The van der Waals surface area contributed by atoms with Crippen molar-refractivity contribution >= 4 is 5.97 Å². The first-order valence-electron chi connectivity index (χ1n) is 7.75. The summed E-state index contributed by atoms with van der Waals surface area (Å²) in [5, 5.41) is 9.66. The summed E-state index contributed by atoms with van der Waals surface area (Å²) in [7, 11) is 4.18. The average molecular weight is 334 g/mol. The molecule has 0 saturated heterocycles. The highest BCUT2D eigenvalue weighted by Crippen LogP contribution is 2.31. The molecule has 2 aromatic rings. The minimum atomic E-state index is -0.739. The third-order valence-electron chi connectivity index (χ3n) is 3.89. The first-order valence-corrected chi connectivity index (χ1v) is 7.75. The van der Waals surface area contributed by atoms with E-state index in [2.05, 4.69) is 14.1 Å². The molecule has 0 bridgehead atoms. The van der Waals surface area contributed by atoms with E-state index in [-0.39, 0.29) is 12.4 Å². The molecule has 0 heterocycles. The maximum Gasteiger partial charge on any atom is 0.310 e. The Bertz CT molecular complexity index is 614. The first-order chi connectivity index (χ1) is 10.6. The highest BCUT2D eigenvalue weighted by atomic mass is 35.5. The van der Waals surface area contributed by atoms with Gasteiger partial charge in [-0.1, -0.05) is 54.6 Å². The maximum atomic E-state index is 11.8. The zero-order valence-corrected chi connectivity index (χ0v) is 14.4. The van der Waals surface area contributed by atoms with Gasteiger partial charge in [-0.25, -0.2) is 0 Å². The van der Waals surface area contributed by atoms with Gasteiger partial charge in [0.15, 0.2) is 0 Å². The van der Waals surface area contributed by atoms with Crippen LogP contribution in [0.3, 0.4) is 0 Å². The fourth-order valence-electron chi connectivity index (χ4n) is 2.75. The zero-order chi connectivity index (χ0) is 15.9. The Balaban J connectivity index is 0.00000264. The smallest absolute Gasteiger partial charge is 0.310 e. The predicted molar refractivity (Wildman–Crippen MR) is 89.2 cm³/mol. The van der Waals surface area contributed by atoms with Gasteiger partial charge in [-0.05, 0) is 29.5 Å². The quantitative estimate of drug-likeness (QED) is 0.714. The largest absolute Gasteiger partial charge is 1.00 e. The number of aliphatic carboxylic acids is 1. The van der Waals surface area contributed by atoms with Gasteiger partial charge in [0, 0.05) is 0 Å². The molecule has 3 nitrogen and oxygen atoms in total. The Morgan fingerprint density at radius 2 is 1.65 bits per heavy atom. The molecule has 2 rings (SSSR count). The summed E-state index contributed by atoms with van der Waals surface area (Å²) in [6.07, 6.45) is 1.58. The van der Waals surface area contributed by atoms with E-state index in [1.165, 1.54) is 4.90 Å². The van der Waals surface area contributed by atoms with Gasteiger partial charge in [-0.3, -0.25) is 4.79 Å². The van der Waals surface area contributed by atoms with Gasteiger partial charge < -0.3 is 22.4 Å². The van der Waals surface area contributed by atoms with Crippen molar-refractivity contribution < 1.29 is 27.2 Å². The molecule has 0 fully saturated rings. The van der Waals surface area contributed by atoms with E-state index in [0.717, 1.165) is 29.7 Å². The molecule has 0 amide bonds. The van der Waals surface area contributed by atoms with Crippen LogP contribution in [0.2, 0.25) is 0 Å². The summed E-state index contributed by atoms with van der Waals surface area (Å²) < 4.78 is 0. The summed E-state index contributed by atoms with van der Waals surface area (Å²) in [5.74, 6) is -1.19. The summed E-state index contributed by atoms with van der Waals surface area (Å²) in [5.41, 5.74) is 3.00. The van der Waals surface area contributed by atoms with Crippen LogP contribution in [0, 0.1) is 0 Å². The monoisotopic (exact) mass is 333 g/mol. The molecule has 0 spiro atoms. The van der Waals surface area contributed by atoms with Crippen molar-refractivity contribution in [1.82, 2.24) is 0 Å². The van der Waals surface area contributed by atoms with E-state index in [4.69, 9.17) is 0 Å². The molecule has 0 aliphatic rings. The number of rotatable bonds is 7. The van der Waals surface area contributed by atoms with Gasteiger partial charge in [0.1, 0.15) is 0 Å². The number of hydrogen-bond donors (Lipinski definition) is 2. The number of quaternary nitrogens is 1. The van der Waals surface area contributed by atoms with Crippen LogP contribution in [0.5, 0.6) is 0 Å². The standard InChI is InChI=1S/C19H23NO2.ClH/c1-20(2)14-8-13-18(19(21)22)17-12-7-6-11-16(17)15-9-4-3-5-10-15;/h3-7,9-12,18H,8,13-14H2,1-2H3,(H,21,22);1H. The molecule has 1 unspecified atom stereocenters. The number of benzene rings is 2. The van der Waals surface area contributed by atoms with Crippen molar-refractivity contribution in [1.29, 1.82) is 0 Å². The summed E-state index contributed by atoms with van der Waals surface area (Å²) in [4.78, 5) is 13.1. The Hall–Kier alpha value is -1.84. The fourth-order valence-corrected chi connectivity index (χ4v) is 2.75. The van der Waals surface area contributed by atoms with Gasteiger partial charge in [-0.15, -0.1) is 0 Å². The van der Waals surface area contributed by atoms with Crippen molar-refractivity contribution in [2.45, 2.75) is 18.8 Å².